The summed E-state index contributed by atoms with van der Waals surface area (Å²) in [4.78, 5) is 0.117. The number of nitrogens with zero attached hydrogens (tertiary/aromatic N) is 3. The molecule has 19 heavy (non-hydrogen) atoms. The van der Waals surface area contributed by atoms with E-state index in [0.29, 0.717) is 17.1 Å². The fourth-order valence-corrected chi connectivity index (χ4v) is 3.13. The van der Waals surface area contributed by atoms with E-state index in [2.05, 4.69) is 20.0 Å². The zero-order chi connectivity index (χ0) is 14.0. The predicted octanol–water partition coefficient (Wildman–Crippen LogP) is -0.611. The van der Waals surface area contributed by atoms with Crippen molar-refractivity contribution in [2.75, 3.05) is 0 Å². The van der Waals surface area contributed by atoms with Crippen LogP contribution in [0.4, 0.5) is 0 Å². The molecule has 0 aliphatic rings. The Morgan fingerprint density at radius 1 is 1.53 bits per heavy atom. The first kappa shape index (κ1) is 13.7. The number of aromatic amines is 1. The van der Waals surface area contributed by atoms with Crippen LogP contribution < -0.4 is 10.5 Å². The van der Waals surface area contributed by atoms with Crippen molar-refractivity contribution in [3.63, 3.8) is 0 Å². The molecule has 2 rings (SSSR count). The lowest BCUT2D eigenvalue weighted by molar-refractivity contribution is 0.577. The minimum Gasteiger partial charge on any atom is -0.325 e. The van der Waals surface area contributed by atoms with Crippen molar-refractivity contribution in [3.8, 4) is 0 Å². The Labute approximate surface area is 111 Å². The van der Waals surface area contributed by atoms with Crippen LogP contribution in [0.3, 0.4) is 0 Å². The summed E-state index contributed by atoms with van der Waals surface area (Å²) in [6, 6.07) is 1.74. The number of sulfonamides is 1. The van der Waals surface area contributed by atoms with Gasteiger partial charge in [0.1, 0.15) is 4.90 Å². The van der Waals surface area contributed by atoms with Crippen LogP contribution in [-0.4, -0.2) is 28.4 Å². The largest absolute Gasteiger partial charge is 0.325 e. The van der Waals surface area contributed by atoms with E-state index in [4.69, 9.17) is 5.73 Å². The van der Waals surface area contributed by atoms with Gasteiger partial charge in [0.15, 0.2) is 0 Å². The first-order valence-electron chi connectivity index (χ1n) is 5.66. The minimum absolute atomic E-state index is 0.0597. The summed E-state index contributed by atoms with van der Waals surface area (Å²) in [6.07, 6.45) is 1.75. The van der Waals surface area contributed by atoms with Crippen LogP contribution in [0.5, 0.6) is 0 Å². The third-order valence-electron chi connectivity index (χ3n) is 2.64. The molecule has 0 aliphatic heterocycles. The Morgan fingerprint density at radius 3 is 2.84 bits per heavy atom. The smallest absolute Gasteiger partial charge is 0.244 e. The fraction of sp³-hybridized carbons (Fsp3) is 0.400. The molecule has 0 saturated heterocycles. The van der Waals surface area contributed by atoms with E-state index < -0.39 is 10.0 Å². The van der Waals surface area contributed by atoms with Gasteiger partial charge in [0.05, 0.1) is 23.6 Å². The van der Waals surface area contributed by atoms with Gasteiger partial charge in [-0.25, -0.2) is 13.1 Å². The number of nitrogens with one attached hydrogen (secondary N) is 2. The monoisotopic (exact) mass is 284 g/mol. The summed E-state index contributed by atoms with van der Waals surface area (Å²) < 4.78 is 28.5. The lowest BCUT2D eigenvalue weighted by atomic mass is 10.4. The number of hydrogen-bond acceptors (Lipinski definition) is 5. The van der Waals surface area contributed by atoms with Crippen molar-refractivity contribution in [3.05, 3.63) is 29.3 Å². The zero-order valence-corrected chi connectivity index (χ0v) is 11.5. The van der Waals surface area contributed by atoms with Gasteiger partial charge in [-0.2, -0.15) is 10.2 Å². The van der Waals surface area contributed by atoms with Crippen molar-refractivity contribution < 1.29 is 8.42 Å². The van der Waals surface area contributed by atoms with Gasteiger partial charge in [0, 0.05) is 19.8 Å². The van der Waals surface area contributed by atoms with E-state index in [-0.39, 0.29) is 18.0 Å². The highest BCUT2D eigenvalue weighted by Gasteiger charge is 2.23. The second-order valence-electron chi connectivity index (χ2n) is 4.13. The summed E-state index contributed by atoms with van der Waals surface area (Å²) in [5, 5.41) is 10.6. The topological polar surface area (TPSA) is 119 Å². The Kier molecular flexibility index (Phi) is 3.69. The number of nitrogens with two attached hydrogens (primary N) is 1. The first-order chi connectivity index (χ1) is 8.94. The van der Waals surface area contributed by atoms with Crippen molar-refractivity contribution in [1.82, 2.24) is 24.7 Å². The second kappa shape index (κ2) is 5.11. The molecule has 0 aromatic carbocycles. The molecule has 104 valence electrons. The molecule has 0 radical (unpaired) electrons. The number of aromatic nitrogens is 4. The Morgan fingerprint density at radius 2 is 2.26 bits per heavy atom. The van der Waals surface area contributed by atoms with E-state index in [0.717, 1.165) is 0 Å². The summed E-state index contributed by atoms with van der Waals surface area (Å²) in [5.41, 5.74) is 6.91. The number of aryl methyl sites for hydroxylation is 2. The van der Waals surface area contributed by atoms with E-state index in [1.165, 1.54) is 0 Å². The van der Waals surface area contributed by atoms with Crippen LogP contribution in [0.15, 0.2) is 17.2 Å². The summed E-state index contributed by atoms with van der Waals surface area (Å²) >= 11 is 0. The standard InChI is InChI=1S/C10H16N6O2S/c1-7-10(9(5-11)14-13-7)19(17,18)12-6-8-3-4-16(2)15-8/h3-4,12H,5-6,11H2,1-2H3,(H,13,14). The van der Waals surface area contributed by atoms with Crippen molar-refractivity contribution in [2.24, 2.45) is 12.8 Å². The van der Waals surface area contributed by atoms with Gasteiger partial charge in [0.25, 0.3) is 0 Å². The van der Waals surface area contributed by atoms with Gasteiger partial charge in [0.2, 0.25) is 10.0 Å². The Bertz CT molecular complexity index is 672. The number of H-pyrrole nitrogens is 1. The van der Waals surface area contributed by atoms with Crippen molar-refractivity contribution in [2.45, 2.75) is 24.9 Å². The van der Waals surface area contributed by atoms with E-state index in [9.17, 15) is 8.42 Å². The molecule has 0 spiro atoms. The molecule has 2 aromatic rings. The molecule has 8 nitrogen and oxygen atoms in total. The zero-order valence-electron chi connectivity index (χ0n) is 10.7. The van der Waals surface area contributed by atoms with Crippen LogP contribution >= 0.6 is 0 Å². The molecule has 0 fully saturated rings. The number of rotatable bonds is 5. The summed E-state index contributed by atoms with van der Waals surface area (Å²) in [6.45, 7) is 1.82. The minimum atomic E-state index is -3.65. The molecular weight excluding hydrogens is 268 g/mol. The summed E-state index contributed by atoms with van der Waals surface area (Å²) in [5.74, 6) is 0. The Hall–Kier alpha value is -1.71. The average molecular weight is 284 g/mol. The van der Waals surface area contributed by atoms with Gasteiger partial charge in [-0.1, -0.05) is 0 Å². The van der Waals surface area contributed by atoms with Crippen LogP contribution in [0, 0.1) is 6.92 Å². The molecule has 0 atom stereocenters. The lowest BCUT2D eigenvalue weighted by Gasteiger charge is -2.06. The molecule has 2 heterocycles. The highest BCUT2D eigenvalue weighted by Crippen LogP contribution is 2.17. The van der Waals surface area contributed by atoms with Crippen LogP contribution in [-0.2, 0) is 30.2 Å². The highest BCUT2D eigenvalue weighted by atomic mass is 32.2. The quantitative estimate of drug-likeness (QED) is 0.676. The molecule has 0 unspecified atom stereocenters. The summed E-state index contributed by atoms with van der Waals surface area (Å²) in [7, 11) is -1.88. The average Bonchev–Trinajstić information content (AvgIpc) is 2.93. The van der Waals surface area contributed by atoms with E-state index >= 15 is 0 Å². The number of hydrogen-bond donors (Lipinski definition) is 3. The normalized spacial score (nSPS) is 11.9. The fourth-order valence-electron chi connectivity index (χ4n) is 1.76. The molecule has 0 amide bonds. The van der Waals surface area contributed by atoms with Gasteiger partial charge in [-0.3, -0.25) is 9.78 Å². The molecule has 0 bridgehead atoms. The predicted molar refractivity (Wildman–Crippen MR) is 68.4 cm³/mol. The lowest BCUT2D eigenvalue weighted by Crippen LogP contribution is -2.25. The van der Waals surface area contributed by atoms with Crippen LogP contribution in [0.25, 0.3) is 0 Å². The molecule has 0 saturated carbocycles. The van der Waals surface area contributed by atoms with Crippen LogP contribution in [0.2, 0.25) is 0 Å². The van der Waals surface area contributed by atoms with Crippen molar-refractivity contribution in [1.29, 1.82) is 0 Å². The van der Waals surface area contributed by atoms with E-state index in [1.807, 2.05) is 0 Å². The molecule has 2 aromatic heterocycles. The third kappa shape index (κ3) is 2.83. The highest BCUT2D eigenvalue weighted by molar-refractivity contribution is 7.89. The molecule has 4 N–H and O–H groups in total. The van der Waals surface area contributed by atoms with Crippen molar-refractivity contribution >= 4 is 10.0 Å². The van der Waals surface area contributed by atoms with Gasteiger partial charge >= 0.3 is 0 Å². The molecular formula is C10H16N6O2S. The first-order valence-corrected chi connectivity index (χ1v) is 7.14. The van der Waals surface area contributed by atoms with Gasteiger partial charge in [-0.05, 0) is 13.0 Å². The maximum absolute atomic E-state index is 12.2. The molecule has 0 aliphatic carbocycles. The van der Waals surface area contributed by atoms with Gasteiger partial charge in [-0.15, -0.1) is 0 Å². The maximum Gasteiger partial charge on any atom is 0.244 e. The third-order valence-corrected chi connectivity index (χ3v) is 4.24. The van der Waals surface area contributed by atoms with E-state index in [1.54, 1.807) is 30.9 Å². The second-order valence-corrected chi connectivity index (χ2v) is 5.84. The Balaban J connectivity index is 2.20. The van der Waals surface area contributed by atoms with Gasteiger partial charge < -0.3 is 5.73 Å². The van der Waals surface area contributed by atoms with Crippen LogP contribution in [0.1, 0.15) is 17.1 Å². The maximum atomic E-state index is 12.2. The molecule has 9 heteroatoms. The SMILES string of the molecule is Cc1[nH]nc(CN)c1S(=O)(=O)NCc1ccn(C)n1.